The van der Waals surface area contributed by atoms with Crippen LogP contribution in [-0.2, 0) is 16.2 Å². The van der Waals surface area contributed by atoms with Crippen LogP contribution in [0.2, 0.25) is 0 Å². The summed E-state index contributed by atoms with van der Waals surface area (Å²) in [4.78, 5) is 10.1. The monoisotopic (exact) mass is 385 g/mol. The second-order valence-electron chi connectivity index (χ2n) is 5.37. The molecule has 7 nitrogen and oxygen atoms in total. The summed E-state index contributed by atoms with van der Waals surface area (Å²) in [5.74, 6) is 0. The van der Waals surface area contributed by atoms with Crippen molar-refractivity contribution < 1.29 is 21.6 Å². The van der Waals surface area contributed by atoms with Crippen LogP contribution in [0.15, 0.2) is 41.6 Å². The molecule has 0 aliphatic rings. The van der Waals surface area contributed by atoms with Crippen molar-refractivity contribution in [1.82, 2.24) is 19.7 Å². The number of rotatable bonds is 5. The molecule has 11 heteroatoms. The van der Waals surface area contributed by atoms with Gasteiger partial charge in [0.2, 0.25) is 10.0 Å². The molecule has 0 aliphatic carbocycles. The zero-order valence-electron chi connectivity index (χ0n) is 13.2. The van der Waals surface area contributed by atoms with Gasteiger partial charge in [0.05, 0.1) is 5.69 Å². The standard InChI is InChI=1S/C15H14F3N5O2S/c16-15(17,18)13-7-11-10(3-5-20-14(11)23-13)12-2-1-9(8-21-12)26(24,25)22-6-4-19/h1-3,5,7-8,22H,4,6,19H2,(H,20,23). The van der Waals surface area contributed by atoms with Gasteiger partial charge in [-0.15, -0.1) is 0 Å². The number of alkyl halides is 3. The Balaban J connectivity index is 2.01. The second kappa shape index (κ2) is 6.67. The topological polar surface area (TPSA) is 114 Å². The molecule has 0 aromatic carbocycles. The van der Waals surface area contributed by atoms with Crippen LogP contribution in [0.3, 0.4) is 0 Å². The molecule has 0 saturated carbocycles. The van der Waals surface area contributed by atoms with Crippen LogP contribution < -0.4 is 10.5 Å². The van der Waals surface area contributed by atoms with E-state index in [4.69, 9.17) is 5.73 Å². The maximum Gasteiger partial charge on any atom is 0.431 e. The van der Waals surface area contributed by atoms with E-state index in [9.17, 15) is 21.6 Å². The van der Waals surface area contributed by atoms with E-state index in [1.807, 2.05) is 0 Å². The summed E-state index contributed by atoms with van der Waals surface area (Å²) < 4.78 is 65.0. The van der Waals surface area contributed by atoms with Crippen LogP contribution in [0.4, 0.5) is 13.2 Å². The summed E-state index contributed by atoms with van der Waals surface area (Å²) in [5.41, 5.74) is 5.14. The number of nitrogens with one attached hydrogen (secondary N) is 2. The number of pyridine rings is 2. The minimum Gasteiger partial charge on any atom is -0.336 e. The molecule has 3 rings (SSSR count). The molecule has 0 spiro atoms. The first-order chi connectivity index (χ1) is 12.2. The minimum atomic E-state index is -4.53. The number of hydrogen-bond acceptors (Lipinski definition) is 5. The number of nitrogens with zero attached hydrogens (tertiary/aromatic N) is 2. The van der Waals surface area contributed by atoms with Crippen molar-refractivity contribution >= 4 is 21.1 Å². The van der Waals surface area contributed by atoms with Crippen molar-refractivity contribution in [3.05, 3.63) is 42.4 Å². The zero-order valence-corrected chi connectivity index (χ0v) is 14.0. The van der Waals surface area contributed by atoms with Crippen LogP contribution in [0, 0.1) is 0 Å². The third-order valence-electron chi connectivity index (χ3n) is 3.60. The lowest BCUT2D eigenvalue weighted by atomic mass is 10.1. The quantitative estimate of drug-likeness (QED) is 0.621. The Morgan fingerprint density at radius 3 is 2.58 bits per heavy atom. The number of aromatic nitrogens is 3. The summed E-state index contributed by atoms with van der Waals surface area (Å²) in [6.45, 7) is 0.230. The van der Waals surface area contributed by atoms with Gasteiger partial charge < -0.3 is 10.7 Å². The van der Waals surface area contributed by atoms with E-state index in [0.717, 1.165) is 12.3 Å². The smallest absolute Gasteiger partial charge is 0.336 e. The number of H-pyrrole nitrogens is 1. The summed E-state index contributed by atoms with van der Waals surface area (Å²) in [7, 11) is -3.74. The Bertz CT molecular complexity index is 1030. The molecule has 138 valence electrons. The summed E-state index contributed by atoms with van der Waals surface area (Å²) in [6, 6.07) is 5.21. The Morgan fingerprint density at radius 2 is 1.96 bits per heavy atom. The fourth-order valence-electron chi connectivity index (χ4n) is 2.38. The second-order valence-corrected chi connectivity index (χ2v) is 7.13. The first kappa shape index (κ1) is 18.3. The van der Waals surface area contributed by atoms with Crippen molar-refractivity contribution in [3.63, 3.8) is 0 Å². The Kier molecular flexibility index (Phi) is 4.69. The van der Waals surface area contributed by atoms with Gasteiger partial charge in [-0.2, -0.15) is 13.2 Å². The Labute approximate surface area is 146 Å². The molecule has 3 aromatic rings. The van der Waals surface area contributed by atoms with E-state index >= 15 is 0 Å². The number of hydrogen-bond donors (Lipinski definition) is 3. The molecule has 0 unspecified atom stereocenters. The molecule has 26 heavy (non-hydrogen) atoms. The molecule has 0 bridgehead atoms. The van der Waals surface area contributed by atoms with E-state index in [2.05, 4.69) is 19.7 Å². The lowest BCUT2D eigenvalue weighted by Crippen LogP contribution is -2.29. The molecule has 3 heterocycles. The highest BCUT2D eigenvalue weighted by Crippen LogP contribution is 2.34. The molecule has 0 radical (unpaired) electrons. The first-order valence-electron chi connectivity index (χ1n) is 7.43. The van der Waals surface area contributed by atoms with Crippen LogP contribution in [0.25, 0.3) is 22.3 Å². The van der Waals surface area contributed by atoms with Gasteiger partial charge in [-0.3, -0.25) is 4.98 Å². The highest BCUT2D eigenvalue weighted by molar-refractivity contribution is 7.89. The zero-order chi connectivity index (χ0) is 18.9. The van der Waals surface area contributed by atoms with Gasteiger partial charge in [-0.1, -0.05) is 0 Å². The minimum absolute atomic E-state index is 0.0648. The van der Waals surface area contributed by atoms with Crippen molar-refractivity contribution in [3.8, 4) is 11.3 Å². The van der Waals surface area contributed by atoms with Gasteiger partial charge >= 0.3 is 6.18 Å². The molecular weight excluding hydrogens is 371 g/mol. The fraction of sp³-hybridized carbons (Fsp3) is 0.200. The molecule has 3 aromatic heterocycles. The van der Waals surface area contributed by atoms with E-state index in [1.54, 1.807) is 0 Å². The van der Waals surface area contributed by atoms with Crippen molar-refractivity contribution in [1.29, 1.82) is 0 Å². The number of fused-ring (bicyclic) bond motifs is 1. The van der Waals surface area contributed by atoms with Crippen molar-refractivity contribution in [2.75, 3.05) is 13.1 Å². The maximum atomic E-state index is 12.9. The maximum absolute atomic E-state index is 12.9. The van der Waals surface area contributed by atoms with Crippen molar-refractivity contribution in [2.45, 2.75) is 11.1 Å². The van der Waals surface area contributed by atoms with Gasteiger partial charge in [-0.25, -0.2) is 18.1 Å². The average molecular weight is 385 g/mol. The largest absolute Gasteiger partial charge is 0.431 e. The molecular formula is C15H14F3N5O2S. The summed E-state index contributed by atoms with van der Waals surface area (Å²) in [6.07, 6.45) is -2.04. The normalized spacial score (nSPS) is 12.6. The molecule has 0 saturated heterocycles. The van der Waals surface area contributed by atoms with Crippen LogP contribution in [0.1, 0.15) is 5.69 Å². The SMILES string of the molecule is NCCNS(=O)(=O)c1ccc(-c2ccnc3[nH]c(C(F)(F)F)cc23)nc1. The third-order valence-corrected chi connectivity index (χ3v) is 5.04. The van der Waals surface area contributed by atoms with Gasteiger partial charge in [0, 0.05) is 36.4 Å². The molecule has 0 amide bonds. The van der Waals surface area contributed by atoms with Crippen LogP contribution in [-0.4, -0.2) is 36.5 Å². The first-order valence-corrected chi connectivity index (χ1v) is 8.92. The van der Waals surface area contributed by atoms with E-state index in [0.29, 0.717) is 11.3 Å². The molecule has 0 aliphatic heterocycles. The van der Waals surface area contributed by atoms with Crippen LogP contribution in [0.5, 0.6) is 0 Å². The number of nitrogens with two attached hydrogens (primary N) is 1. The molecule has 0 atom stereocenters. The van der Waals surface area contributed by atoms with Gasteiger partial charge in [-0.05, 0) is 24.3 Å². The predicted octanol–water partition coefficient (Wildman–Crippen LogP) is 1.88. The summed E-state index contributed by atoms with van der Waals surface area (Å²) >= 11 is 0. The third kappa shape index (κ3) is 3.54. The predicted molar refractivity (Wildman–Crippen MR) is 88.6 cm³/mol. The fourth-order valence-corrected chi connectivity index (χ4v) is 3.37. The highest BCUT2D eigenvalue weighted by Gasteiger charge is 2.33. The number of aromatic amines is 1. The summed E-state index contributed by atoms with van der Waals surface area (Å²) in [5, 5.41) is 0.240. The number of halogens is 3. The Hall–Kier alpha value is -2.50. The lowest BCUT2D eigenvalue weighted by molar-refractivity contribution is -0.140. The van der Waals surface area contributed by atoms with Gasteiger partial charge in [0.15, 0.2) is 0 Å². The van der Waals surface area contributed by atoms with E-state index in [-0.39, 0.29) is 29.0 Å². The number of sulfonamides is 1. The molecule has 0 fully saturated rings. The lowest BCUT2D eigenvalue weighted by Gasteiger charge is -2.07. The Morgan fingerprint density at radius 1 is 1.19 bits per heavy atom. The van der Waals surface area contributed by atoms with Gasteiger partial charge in [0.1, 0.15) is 16.2 Å². The van der Waals surface area contributed by atoms with E-state index in [1.165, 1.54) is 24.4 Å². The average Bonchev–Trinajstić information content (AvgIpc) is 3.05. The van der Waals surface area contributed by atoms with Gasteiger partial charge in [0.25, 0.3) is 0 Å². The highest BCUT2D eigenvalue weighted by atomic mass is 32.2. The van der Waals surface area contributed by atoms with Crippen LogP contribution >= 0.6 is 0 Å². The molecule has 4 N–H and O–H groups in total. The van der Waals surface area contributed by atoms with E-state index < -0.39 is 21.9 Å². The van der Waals surface area contributed by atoms with Crippen molar-refractivity contribution in [2.24, 2.45) is 5.73 Å².